The molecule has 0 fully saturated rings. The monoisotopic (exact) mass is 436 g/mol. The molecule has 114 valence electrons. The van der Waals surface area contributed by atoms with Gasteiger partial charge in [0.1, 0.15) is 14.6 Å². The standard InChI is InChI=1S/C17H10ClIN2O2/c1-21-8-20-13-11(18)7-10-15(22)12(19)16(23-17(10)14(13)21)9-5-3-2-4-6-9/h2-8H,1H3. The molecule has 0 aliphatic carbocycles. The molecule has 0 saturated carbocycles. The first kappa shape index (κ1) is 14.7. The molecular formula is C17H10ClIN2O2. The first-order valence-corrected chi connectivity index (χ1v) is 8.35. The van der Waals surface area contributed by atoms with Gasteiger partial charge >= 0.3 is 0 Å². The highest BCUT2D eigenvalue weighted by molar-refractivity contribution is 14.1. The van der Waals surface area contributed by atoms with E-state index in [4.69, 9.17) is 16.0 Å². The van der Waals surface area contributed by atoms with Crippen molar-refractivity contribution in [2.24, 2.45) is 7.05 Å². The lowest BCUT2D eigenvalue weighted by Crippen LogP contribution is -2.08. The molecule has 0 atom stereocenters. The molecule has 0 N–H and O–H groups in total. The van der Waals surface area contributed by atoms with E-state index >= 15 is 0 Å². The number of benzene rings is 2. The van der Waals surface area contributed by atoms with Crippen molar-refractivity contribution in [3.05, 3.63) is 61.5 Å². The third-order valence-electron chi connectivity index (χ3n) is 3.78. The second-order valence-electron chi connectivity index (χ2n) is 5.23. The number of imidazole rings is 1. The summed E-state index contributed by atoms with van der Waals surface area (Å²) in [6.45, 7) is 0. The number of fused-ring (bicyclic) bond motifs is 3. The molecule has 0 radical (unpaired) electrons. The summed E-state index contributed by atoms with van der Waals surface area (Å²) in [4.78, 5) is 17.1. The van der Waals surface area contributed by atoms with Gasteiger partial charge in [-0.2, -0.15) is 0 Å². The van der Waals surface area contributed by atoms with Crippen LogP contribution in [0.5, 0.6) is 0 Å². The number of nitrogens with zero attached hydrogens (tertiary/aromatic N) is 2. The molecular weight excluding hydrogens is 427 g/mol. The fraction of sp³-hybridized carbons (Fsp3) is 0.0588. The predicted octanol–water partition coefficient (Wildman–Crippen LogP) is 4.60. The molecule has 0 unspecified atom stereocenters. The highest BCUT2D eigenvalue weighted by Gasteiger charge is 2.19. The normalized spacial score (nSPS) is 11.4. The van der Waals surface area contributed by atoms with E-state index < -0.39 is 0 Å². The van der Waals surface area contributed by atoms with Crippen LogP contribution < -0.4 is 5.43 Å². The summed E-state index contributed by atoms with van der Waals surface area (Å²) < 4.78 is 8.49. The van der Waals surface area contributed by atoms with Crippen LogP contribution in [0.1, 0.15) is 0 Å². The maximum absolute atomic E-state index is 12.8. The highest BCUT2D eigenvalue weighted by atomic mass is 127. The fourth-order valence-electron chi connectivity index (χ4n) is 2.68. The Morgan fingerprint density at radius 1 is 1.26 bits per heavy atom. The van der Waals surface area contributed by atoms with Crippen LogP contribution in [0.15, 0.2) is 51.9 Å². The van der Waals surface area contributed by atoms with Crippen molar-refractivity contribution in [2.75, 3.05) is 0 Å². The molecule has 2 aromatic heterocycles. The highest BCUT2D eigenvalue weighted by Crippen LogP contribution is 2.33. The third kappa shape index (κ3) is 2.18. The van der Waals surface area contributed by atoms with Gasteiger partial charge in [0.25, 0.3) is 0 Å². The Morgan fingerprint density at radius 3 is 2.74 bits per heavy atom. The number of halogens is 2. The topological polar surface area (TPSA) is 48.0 Å². The third-order valence-corrected chi connectivity index (χ3v) is 5.05. The van der Waals surface area contributed by atoms with Crippen molar-refractivity contribution in [3.63, 3.8) is 0 Å². The van der Waals surface area contributed by atoms with E-state index in [1.54, 1.807) is 12.4 Å². The van der Waals surface area contributed by atoms with Crippen LogP contribution in [0.3, 0.4) is 0 Å². The Hall–Kier alpha value is -1.86. The fourth-order valence-corrected chi connectivity index (χ4v) is 3.64. The van der Waals surface area contributed by atoms with E-state index in [0.29, 0.717) is 30.8 Å². The van der Waals surface area contributed by atoms with E-state index in [2.05, 4.69) is 4.98 Å². The Balaban J connectivity index is 2.22. The molecule has 0 aliphatic rings. The Kier molecular flexibility index (Phi) is 3.42. The van der Waals surface area contributed by atoms with Gasteiger partial charge < -0.3 is 8.98 Å². The molecule has 4 aromatic rings. The summed E-state index contributed by atoms with van der Waals surface area (Å²) >= 11 is 8.30. The molecule has 2 aromatic carbocycles. The zero-order chi connectivity index (χ0) is 16.1. The molecule has 0 saturated heterocycles. The second kappa shape index (κ2) is 5.35. The quantitative estimate of drug-likeness (QED) is 0.410. The zero-order valence-electron chi connectivity index (χ0n) is 12.0. The molecule has 2 heterocycles. The van der Waals surface area contributed by atoms with E-state index in [9.17, 15) is 4.79 Å². The Morgan fingerprint density at radius 2 is 2.00 bits per heavy atom. The number of aromatic nitrogens is 2. The van der Waals surface area contributed by atoms with Crippen molar-refractivity contribution < 1.29 is 4.42 Å². The van der Waals surface area contributed by atoms with Crippen LogP contribution in [0.25, 0.3) is 33.3 Å². The number of hydrogen-bond donors (Lipinski definition) is 0. The van der Waals surface area contributed by atoms with Crippen LogP contribution >= 0.6 is 34.2 Å². The van der Waals surface area contributed by atoms with Crippen molar-refractivity contribution in [1.29, 1.82) is 0 Å². The summed E-state index contributed by atoms with van der Waals surface area (Å²) in [5.41, 5.74) is 2.63. The van der Waals surface area contributed by atoms with Gasteiger partial charge in [0.2, 0.25) is 5.43 Å². The van der Waals surface area contributed by atoms with E-state index in [-0.39, 0.29) is 5.43 Å². The van der Waals surface area contributed by atoms with Crippen LogP contribution in [-0.2, 0) is 7.05 Å². The number of rotatable bonds is 1. The molecule has 6 heteroatoms. The first-order valence-electron chi connectivity index (χ1n) is 6.89. The Bertz CT molecular complexity index is 1120. The number of hydrogen-bond acceptors (Lipinski definition) is 3. The summed E-state index contributed by atoms with van der Waals surface area (Å²) in [5.74, 6) is 0.563. The van der Waals surface area contributed by atoms with Gasteiger partial charge in [0.05, 0.1) is 16.7 Å². The van der Waals surface area contributed by atoms with Gasteiger partial charge in [0.15, 0.2) is 11.3 Å². The summed E-state index contributed by atoms with van der Waals surface area (Å²) in [6.07, 6.45) is 1.66. The van der Waals surface area contributed by atoms with Crippen LogP contribution in [0, 0.1) is 3.57 Å². The summed E-state index contributed by atoms with van der Waals surface area (Å²) in [7, 11) is 1.85. The van der Waals surface area contributed by atoms with Gasteiger partial charge in [-0.05, 0) is 28.7 Å². The molecule has 0 aliphatic heterocycles. The van der Waals surface area contributed by atoms with Crippen molar-refractivity contribution >= 4 is 56.2 Å². The summed E-state index contributed by atoms with van der Waals surface area (Å²) in [6, 6.07) is 11.2. The van der Waals surface area contributed by atoms with Gasteiger partial charge in [0, 0.05) is 12.6 Å². The van der Waals surface area contributed by atoms with Gasteiger partial charge in [-0.15, -0.1) is 0 Å². The van der Waals surface area contributed by atoms with Crippen molar-refractivity contribution in [3.8, 4) is 11.3 Å². The molecule has 0 amide bonds. The van der Waals surface area contributed by atoms with Gasteiger partial charge in [-0.1, -0.05) is 41.9 Å². The predicted molar refractivity (Wildman–Crippen MR) is 99.9 cm³/mol. The lowest BCUT2D eigenvalue weighted by molar-refractivity contribution is 0.616. The minimum absolute atomic E-state index is 0.0873. The molecule has 0 spiro atoms. The molecule has 4 nitrogen and oxygen atoms in total. The molecule has 23 heavy (non-hydrogen) atoms. The molecule has 4 rings (SSSR count). The van der Waals surface area contributed by atoms with E-state index in [0.717, 1.165) is 11.1 Å². The van der Waals surface area contributed by atoms with Crippen LogP contribution in [-0.4, -0.2) is 9.55 Å². The lowest BCUT2D eigenvalue weighted by Gasteiger charge is -2.08. The number of aryl methyl sites for hydroxylation is 1. The minimum atomic E-state index is -0.0873. The second-order valence-corrected chi connectivity index (χ2v) is 6.71. The van der Waals surface area contributed by atoms with E-state index in [1.165, 1.54) is 0 Å². The maximum Gasteiger partial charge on any atom is 0.206 e. The van der Waals surface area contributed by atoms with Gasteiger partial charge in [-0.3, -0.25) is 4.79 Å². The molecule has 0 bridgehead atoms. The van der Waals surface area contributed by atoms with Crippen LogP contribution in [0.4, 0.5) is 0 Å². The van der Waals surface area contributed by atoms with Crippen molar-refractivity contribution in [2.45, 2.75) is 0 Å². The van der Waals surface area contributed by atoms with Crippen LogP contribution in [0.2, 0.25) is 5.02 Å². The average molecular weight is 437 g/mol. The minimum Gasteiger partial charge on any atom is -0.452 e. The lowest BCUT2D eigenvalue weighted by atomic mass is 10.1. The SMILES string of the molecule is Cn1cnc2c(Cl)cc3c(=O)c(I)c(-c4ccccc4)oc3c21. The zero-order valence-corrected chi connectivity index (χ0v) is 14.9. The Labute approximate surface area is 149 Å². The smallest absolute Gasteiger partial charge is 0.206 e. The largest absolute Gasteiger partial charge is 0.452 e. The van der Waals surface area contributed by atoms with Gasteiger partial charge in [-0.25, -0.2) is 4.98 Å². The maximum atomic E-state index is 12.8. The van der Waals surface area contributed by atoms with E-state index in [1.807, 2.05) is 64.5 Å². The first-order chi connectivity index (χ1) is 11.1. The average Bonchev–Trinajstić information content (AvgIpc) is 2.95. The summed E-state index contributed by atoms with van der Waals surface area (Å²) in [5, 5.41) is 0.916. The van der Waals surface area contributed by atoms with Crippen molar-refractivity contribution in [1.82, 2.24) is 9.55 Å².